The largest absolute Gasteiger partial charge is 0.348 e. The molecular weight excluding hydrogens is 228 g/mol. The SMILES string of the molecule is CC1CNCC1NC(=O)c1cnn2ccccc12. The highest BCUT2D eigenvalue weighted by atomic mass is 16.1. The molecule has 94 valence electrons. The first-order chi connectivity index (χ1) is 8.75. The lowest BCUT2D eigenvalue weighted by Crippen LogP contribution is -2.39. The molecule has 2 N–H and O–H groups in total. The van der Waals surface area contributed by atoms with Crippen molar-refractivity contribution in [2.75, 3.05) is 13.1 Å². The van der Waals surface area contributed by atoms with E-state index < -0.39 is 0 Å². The lowest BCUT2D eigenvalue weighted by molar-refractivity contribution is 0.0934. The molecule has 5 heteroatoms. The second-order valence-corrected chi connectivity index (χ2v) is 4.80. The normalized spacial score (nSPS) is 23.4. The van der Waals surface area contributed by atoms with E-state index in [9.17, 15) is 4.79 Å². The average Bonchev–Trinajstić information content (AvgIpc) is 2.96. The second-order valence-electron chi connectivity index (χ2n) is 4.80. The Hall–Kier alpha value is -1.88. The summed E-state index contributed by atoms with van der Waals surface area (Å²) in [6.45, 7) is 3.94. The van der Waals surface area contributed by atoms with Gasteiger partial charge in [0.25, 0.3) is 5.91 Å². The number of aromatic nitrogens is 2. The van der Waals surface area contributed by atoms with E-state index in [1.165, 1.54) is 0 Å². The first-order valence-electron chi connectivity index (χ1n) is 6.19. The molecule has 3 heterocycles. The van der Waals surface area contributed by atoms with E-state index in [0.29, 0.717) is 11.5 Å². The standard InChI is InChI=1S/C13H16N4O/c1-9-6-14-8-11(9)16-13(18)10-7-15-17-5-3-2-4-12(10)17/h2-5,7,9,11,14H,6,8H2,1H3,(H,16,18). The zero-order valence-corrected chi connectivity index (χ0v) is 10.3. The molecule has 2 aromatic heterocycles. The summed E-state index contributed by atoms with van der Waals surface area (Å²) in [6, 6.07) is 5.91. The van der Waals surface area contributed by atoms with Crippen LogP contribution in [0, 0.1) is 5.92 Å². The van der Waals surface area contributed by atoms with Crippen LogP contribution in [0.3, 0.4) is 0 Å². The van der Waals surface area contributed by atoms with E-state index >= 15 is 0 Å². The van der Waals surface area contributed by atoms with Gasteiger partial charge in [-0.1, -0.05) is 13.0 Å². The summed E-state index contributed by atoms with van der Waals surface area (Å²) in [7, 11) is 0. The molecule has 1 aliphatic heterocycles. The van der Waals surface area contributed by atoms with E-state index in [0.717, 1.165) is 18.6 Å². The fourth-order valence-corrected chi connectivity index (χ4v) is 2.36. The van der Waals surface area contributed by atoms with Crippen LogP contribution in [0.4, 0.5) is 0 Å². The van der Waals surface area contributed by atoms with Gasteiger partial charge in [-0.2, -0.15) is 5.10 Å². The van der Waals surface area contributed by atoms with Gasteiger partial charge < -0.3 is 10.6 Å². The Morgan fingerprint density at radius 2 is 2.39 bits per heavy atom. The molecule has 0 aromatic carbocycles. The molecule has 1 aliphatic rings. The number of rotatable bonds is 2. The number of hydrogen-bond acceptors (Lipinski definition) is 3. The number of hydrogen-bond donors (Lipinski definition) is 2. The van der Waals surface area contributed by atoms with Crippen molar-refractivity contribution < 1.29 is 4.79 Å². The van der Waals surface area contributed by atoms with Gasteiger partial charge in [-0.3, -0.25) is 4.79 Å². The summed E-state index contributed by atoms with van der Waals surface area (Å²) in [5.74, 6) is 0.424. The Balaban J connectivity index is 1.84. The highest BCUT2D eigenvalue weighted by Gasteiger charge is 2.25. The van der Waals surface area contributed by atoms with Crippen LogP contribution in [0.1, 0.15) is 17.3 Å². The van der Waals surface area contributed by atoms with Crippen LogP contribution in [-0.4, -0.2) is 34.7 Å². The Kier molecular flexibility index (Phi) is 2.76. The molecule has 0 spiro atoms. The third-order valence-electron chi connectivity index (χ3n) is 3.51. The van der Waals surface area contributed by atoms with Crippen molar-refractivity contribution in [3.63, 3.8) is 0 Å². The molecule has 5 nitrogen and oxygen atoms in total. The van der Waals surface area contributed by atoms with Gasteiger partial charge in [0.05, 0.1) is 17.3 Å². The van der Waals surface area contributed by atoms with Crippen molar-refractivity contribution in [1.29, 1.82) is 0 Å². The first kappa shape index (κ1) is 11.2. The fourth-order valence-electron chi connectivity index (χ4n) is 2.36. The molecule has 1 amide bonds. The monoisotopic (exact) mass is 244 g/mol. The van der Waals surface area contributed by atoms with Gasteiger partial charge in [0, 0.05) is 18.8 Å². The van der Waals surface area contributed by atoms with Crippen molar-refractivity contribution in [3.8, 4) is 0 Å². The zero-order chi connectivity index (χ0) is 12.5. The number of nitrogens with one attached hydrogen (secondary N) is 2. The van der Waals surface area contributed by atoms with E-state index in [4.69, 9.17) is 0 Å². The van der Waals surface area contributed by atoms with Crippen molar-refractivity contribution in [2.45, 2.75) is 13.0 Å². The van der Waals surface area contributed by atoms with E-state index in [1.807, 2.05) is 24.4 Å². The molecule has 0 bridgehead atoms. The van der Waals surface area contributed by atoms with Crippen LogP contribution in [0.15, 0.2) is 30.6 Å². The predicted octanol–water partition coefficient (Wildman–Crippen LogP) is 0.672. The summed E-state index contributed by atoms with van der Waals surface area (Å²) < 4.78 is 1.71. The van der Waals surface area contributed by atoms with Crippen LogP contribution in [-0.2, 0) is 0 Å². The number of pyridine rings is 1. The van der Waals surface area contributed by atoms with Gasteiger partial charge in [0.1, 0.15) is 0 Å². The lowest BCUT2D eigenvalue weighted by atomic mass is 10.1. The van der Waals surface area contributed by atoms with Crippen LogP contribution in [0.5, 0.6) is 0 Å². The minimum Gasteiger partial charge on any atom is -0.348 e. The number of fused-ring (bicyclic) bond motifs is 1. The maximum Gasteiger partial charge on any atom is 0.255 e. The highest BCUT2D eigenvalue weighted by molar-refractivity contribution is 6.00. The van der Waals surface area contributed by atoms with E-state index in [-0.39, 0.29) is 11.9 Å². The van der Waals surface area contributed by atoms with E-state index in [1.54, 1.807) is 10.7 Å². The van der Waals surface area contributed by atoms with Crippen molar-refractivity contribution in [1.82, 2.24) is 20.2 Å². The van der Waals surface area contributed by atoms with Crippen molar-refractivity contribution in [3.05, 3.63) is 36.2 Å². The summed E-state index contributed by atoms with van der Waals surface area (Å²) in [5.41, 5.74) is 1.48. The fraction of sp³-hybridized carbons (Fsp3) is 0.385. The number of carbonyl (C=O) groups is 1. The van der Waals surface area contributed by atoms with E-state index in [2.05, 4.69) is 22.7 Å². The molecule has 0 radical (unpaired) electrons. The Labute approximate surface area is 105 Å². The van der Waals surface area contributed by atoms with Crippen LogP contribution in [0.2, 0.25) is 0 Å². The third kappa shape index (κ3) is 1.86. The van der Waals surface area contributed by atoms with Gasteiger partial charge in [-0.15, -0.1) is 0 Å². The molecule has 0 aliphatic carbocycles. The van der Waals surface area contributed by atoms with Gasteiger partial charge in [-0.05, 0) is 24.6 Å². The number of nitrogens with zero attached hydrogens (tertiary/aromatic N) is 2. The topological polar surface area (TPSA) is 58.4 Å². The smallest absolute Gasteiger partial charge is 0.255 e. The molecule has 2 atom stereocenters. The zero-order valence-electron chi connectivity index (χ0n) is 10.3. The molecule has 1 fully saturated rings. The summed E-state index contributed by atoms with van der Waals surface area (Å²) in [5, 5.41) is 10.5. The quantitative estimate of drug-likeness (QED) is 0.816. The van der Waals surface area contributed by atoms with Crippen LogP contribution >= 0.6 is 0 Å². The molecule has 0 saturated carbocycles. The minimum absolute atomic E-state index is 0.0447. The van der Waals surface area contributed by atoms with Gasteiger partial charge in [0.2, 0.25) is 0 Å². The molecule has 2 unspecified atom stereocenters. The van der Waals surface area contributed by atoms with Crippen molar-refractivity contribution >= 4 is 11.4 Å². The highest BCUT2D eigenvalue weighted by Crippen LogP contribution is 2.12. The second kappa shape index (κ2) is 4.42. The lowest BCUT2D eigenvalue weighted by Gasteiger charge is -2.15. The first-order valence-corrected chi connectivity index (χ1v) is 6.19. The van der Waals surface area contributed by atoms with Crippen molar-refractivity contribution in [2.24, 2.45) is 5.92 Å². The Bertz CT molecular complexity index is 577. The predicted molar refractivity (Wildman–Crippen MR) is 68.5 cm³/mol. The number of amides is 1. The third-order valence-corrected chi connectivity index (χ3v) is 3.51. The van der Waals surface area contributed by atoms with Gasteiger partial charge in [-0.25, -0.2) is 4.52 Å². The number of carbonyl (C=O) groups excluding carboxylic acids is 1. The summed E-state index contributed by atoms with van der Waals surface area (Å²) in [4.78, 5) is 12.2. The maximum absolute atomic E-state index is 12.2. The minimum atomic E-state index is -0.0447. The molecule has 1 saturated heterocycles. The Morgan fingerprint density at radius 1 is 1.50 bits per heavy atom. The molecule has 3 rings (SSSR count). The van der Waals surface area contributed by atoms with Crippen LogP contribution in [0.25, 0.3) is 5.52 Å². The van der Waals surface area contributed by atoms with Crippen LogP contribution < -0.4 is 10.6 Å². The molecule has 2 aromatic rings. The molecular formula is C13H16N4O. The van der Waals surface area contributed by atoms with Gasteiger partial charge >= 0.3 is 0 Å². The Morgan fingerprint density at radius 3 is 3.17 bits per heavy atom. The maximum atomic E-state index is 12.2. The molecule has 18 heavy (non-hydrogen) atoms. The summed E-state index contributed by atoms with van der Waals surface area (Å²) in [6.07, 6.45) is 3.46. The summed E-state index contributed by atoms with van der Waals surface area (Å²) >= 11 is 0. The van der Waals surface area contributed by atoms with Gasteiger partial charge in [0.15, 0.2) is 0 Å². The average molecular weight is 244 g/mol.